The summed E-state index contributed by atoms with van der Waals surface area (Å²) in [4.78, 5) is 21.5. The van der Waals surface area contributed by atoms with E-state index in [-0.39, 0.29) is 5.91 Å². The number of para-hydroxylation sites is 2. The molecule has 1 aromatic carbocycles. The summed E-state index contributed by atoms with van der Waals surface area (Å²) in [5.74, 6) is 0.290. The number of H-pyrrole nitrogens is 1. The van der Waals surface area contributed by atoms with E-state index in [0.717, 1.165) is 26.9 Å². The Balaban J connectivity index is 1.66. The summed E-state index contributed by atoms with van der Waals surface area (Å²) in [6.07, 6.45) is 0. The number of amides is 1. The van der Waals surface area contributed by atoms with Gasteiger partial charge in [0.05, 0.1) is 21.6 Å². The number of imidazole rings is 1. The van der Waals surface area contributed by atoms with Crippen molar-refractivity contribution in [2.75, 3.05) is 5.32 Å². The Hall–Kier alpha value is -2.67. The fourth-order valence-corrected chi connectivity index (χ4v) is 3.52. The molecule has 3 aromatic heterocycles. The number of benzene rings is 1. The Labute approximate surface area is 129 Å². The van der Waals surface area contributed by atoms with Crippen LogP contribution in [0, 0.1) is 6.92 Å². The predicted octanol–water partition coefficient (Wildman–Crippen LogP) is 3.07. The summed E-state index contributed by atoms with van der Waals surface area (Å²) in [7, 11) is 1.88. The van der Waals surface area contributed by atoms with Gasteiger partial charge >= 0.3 is 0 Å². The SMILES string of the molecule is Cc1nn(C)c2sc(C(=O)Nc3nc4ccccc4[nH]3)cc12. The smallest absolute Gasteiger partial charge is 0.268 e. The van der Waals surface area contributed by atoms with Crippen LogP contribution in [-0.4, -0.2) is 25.7 Å². The molecule has 0 saturated carbocycles. The lowest BCUT2D eigenvalue weighted by atomic mass is 10.3. The maximum atomic E-state index is 12.4. The maximum absolute atomic E-state index is 12.4. The van der Waals surface area contributed by atoms with Gasteiger partial charge in [0.25, 0.3) is 5.91 Å². The first kappa shape index (κ1) is 13.0. The molecular weight excluding hydrogens is 298 g/mol. The van der Waals surface area contributed by atoms with Crippen molar-refractivity contribution in [3.05, 3.63) is 40.9 Å². The molecule has 2 N–H and O–H groups in total. The molecule has 0 fully saturated rings. The first-order chi connectivity index (χ1) is 10.6. The molecule has 0 radical (unpaired) electrons. The first-order valence-electron chi connectivity index (χ1n) is 6.81. The van der Waals surface area contributed by atoms with Crippen LogP contribution in [0.4, 0.5) is 5.95 Å². The van der Waals surface area contributed by atoms with E-state index in [0.29, 0.717) is 10.8 Å². The van der Waals surface area contributed by atoms with Crippen LogP contribution in [0.3, 0.4) is 0 Å². The van der Waals surface area contributed by atoms with Gasteiger partial charge in [0, 0.05) is 12.4 Å². The maximum Gasteiger partial charge on any atom is 0.268 e. The third kappa shape index (κ3) is 1.98. The number of nitrogens with one attached hydrogen (secondary N) is 2. The molecule has 0 aliphatic heterocycles. The Kier molecular flexibility index (Phi) is 2.77. The third-order valence-corrected chi connectivity index (χ3v) is 4.74. The molecule has 0 aliphatic carbocycles. The van der Waals surface area contributed by atoms with Crippen molar-refractivity contribution in [1.29, 1.82) is 0 Å². The minimum atomic E-state index is -0.167. The normalized spacial score (nSPS) is 11.4. The van der Waals surface area contributed by atoms with Crippen molar-refractivity contribution >= 4 is 44.4 Å². The van der Waals surface area contributed by atoms with Gasteiger partial charge in [0.2, 0.25) is 5.95 Å². The van der Waals surface area contributed by atoms with E-state index in [1.54, 1.807) is 4.68 Å². The second kappa shape index (κ2) is 4.67. The van der Waals surface area contributed by atoms with Gasteiger partial charge in [0.15, 0.2) is 0 Å². The van der Waals surface area contributed by atoms with Crippen LogP contribution in [0.5, 0.6) is 0 Å². The van der Waals surface area contributed by atoms with Crippen molar-refractivity contribution < 1.29 is 4.79 Å². The van der Waals surface area contributed by atoms with Gasteiger partial charge in [-0.05, 0) is 25.1 Å². The number of hydrogen-bond acceptors (Lipinski definition) is 4. The van der Waals surface area contributed by atoms with E-state index < -0.39 is 0 Å². The monoisotopic (exact) mass is 311 g/mol. The van der Waals surface area contributed by atoms with Crippen LogP contribution in [0.1, 0.15) is 15.4 Å². The lowest BCUT2D eigenvalue weighted by Crippen LogP contribution is -2.11. The van der Waals surface area contributed by atoms with Crippen LogP contribution < -0.4 is 5.32 Å². The van der Waals surface area contributed by atoms with Crippen LogP contribution >= 0.6 is 11.3 Å². The largest absolute Gasteiger partial charge is 0.324 e. The fraction of sp³-hybridized carbons (Fsp3) is 0.133. The summed E-state index contributed by atoms with van der Waals surface area (Å²) in [6, 6.07) is 9.53. The summed E-state index contributed by atoms with van der Waals surface area (Å²) < 4.78 is 1.80. The van der Waals surface area contributed by atoms with Crippen LogP contribution in [-0.2, 0) is 7.05 Å². The molecule has 4 aromatic rings. The van der Waals surface area contributed by atoms with E-state index in [9.17, 15) is 4.79 Å². The Morgan fingerprint density at radius 3 is 2.95 bits per heavy atom. The number of aromatic nitrogens is 4. The summed E-state index contributed by atoms with van der Waals surface area (Å²) in [5, 5.41) is 8.17. The molecule has 0 bridgehead atoms. The van der Waals surface area contributed by atoms with E-state index >= 15 is 0 Å². The molecule has 0 spiro atoms. The lowest BCUT2D eigenvalue weighted by Gasteiger charge is -1.98. The van der Waals surface area contributed by atoms with E-state index in [2.05, 4.69) is 20.4 Å². The number of aryl methyl sites for hydroxylation is 2. The summed E-state index contributed by atoms with van der Waals surface area (Å²) in [6.45, 7) is 1.94. The molecule has 0 saturated heterocycles. The van der Waals surface area contributed by atoms with Gasteiger partial charge in [-0.2, -0.15) is 5.10 Å². The number of anilines is 1. The van der Waals surface area contributed by atoms with Crippen LogP contribution in [0.2, 0.25) is 0 Å². The minimum Gasteiger partial charge on any atom is -0.324 e. The highest BCUT2D eigenvalue weighted by molar-refractivity contribution is 7.20. The van der Waals surface area contributed by atoms with Crippen LogP contribution in [0.15, 0.2) is 30.3 Å². The molecule has 4 rings (SSSR count). The third-order valence-electron chi connectivity index (χ3n) is 3.54. The van der Waals surface area contributed by atoms with Crippen molar-refractivity contribution in [2.24, 2.45) is 7.05 Å². The number of carbonyl (C=O) groups is 1. The Morgan fingerprint density at radius 2 is 2.18 bits per heavy atom. The highest BCUT2D eigenvalue weighted by Crippen LogP contribution is 2.28. The number of nitrogens with zero attached hydrogens (tertiary/aromatic N) is 3. The Morgan fingerprint density at radius 1 is 1.36 bits per heavy atom. The van der Waals surface area contributed by atoms with Gasteiger partial charge in [-0.25, -0.2) is 4.98 Å². The Bertz CT molecular complexity index is 942. The van der Waals surface area contributed by atoms with Crippen LogP contribution in [0.25, 0.3) is 21.3 Å². The van der Waals surface area contributed by atoms with Gasteiger partial charge in [-0.3, -0.25) is 14.8 Å². The number of aromatic amines is 1. The second-order valence-electron chi connectivity index (χ2n) is 5.10. The fourth-order valence-electron chi connectivity index (χ4n) is 2.50. The predicted molar refractivity (Wildman–Crippen MR) is 87.4 cm³/mol. The number of thiophene rings is 1. The highest BCUT2D eigenvalue weighted by Gasteiger charge is 2.16. The number of rotatable bonds is 2. The molecule has 0 unspecified atom stereocenters. The molecule has 6 nitrogen and oxygen atoms in total. The quantitative estimate of drug-likeness (QED) is 0.597. The van der Waals surface area contributed by atoms with E-state index in [4.69, 9.17) is 0 Å². The molecule has 0 aliphatic rings. The molecule has 0 atom stereocenters. The van der Waals surface area contributed by atoms with Gasteiger partial charge in [-0.1, -0.05) is 12.1 Å². The zero-order valence-corrected chi connectivity index (χ0v) is 12.9. The molecule has 3 heterocycles. The van der Waals surface area contributed by atoms with Crippen molar-refractivity contribution in [2.45, 2.75) is 6.92 Å². The van der Waals surface area contributed by atoms with Crippen molar-refractivity contribution in [3.8, 4) is 0 Å². The number of fused-ring (bicyclic) bond motifs is 2. The minimum absolute atomic E-state index is 0.167. The molecule has 110 valence electrons. The highest BCUT2D eigenvalue weighted by atomic mass is 32.1. The van der Waals surface area contributed by atoms with Gasteiger partial charge in [-0.15, -0.1) is 11.3 Å². The van der Waals surface area contributed by atoms with E-state index in [1.165, 1.54) is 11.3 Å². The number of carbonyl (C=O) groups excluding carboxylic acids is 1. The molecule has 1 amide bonds. The first-order valence-corrected chi connectivity index (χ1v) is 7.63. The topological polar surface area (TPSA) is 75.6 Å². The standard InChI is InChI=1S/C15H13N5OS/c1-8-9-7-12(22-14(9)20(2)19-8)13(21)18-15-16-10-5-3-4-6-11(10)17-15/h3-7H,1-2H3,(H2,16,17,18,21). The average Bonchev–Trinajstić information content (AvgIpc) is 3.15. The van der Waals surface area contributed by atoms with Crippen molar-refractivity contribution in [3.63, 3.8) is 0 Å². The van der Waals surface area contributed by atoms with Gasteiger partial charge < -0.3 is 4.98 Å². The molecule has 7 heteroatoms. The second-order valence-corrected chi connectivity index (χ2v) is 6.13. The van der Waals surface area contributed by atoms with E-state index in [1.807, 2.05) is 44.3 Å². The lowest BCUT2D eigenvalue weighted by molar-refractivity contribution is 0.103. The average molecular weight is 311 g/mol. The summed E-state index contributed by atoms with van der Waals surface area (Å²) in [5.41, 5.74) is 2.65. The molecule has 22 heavy (non-hydrogen) atoms. The molecular formula is C15H13N5OS. The zero-order valence-electron chi connectivity index (χ0n) is 12.0. The number of hydrogen-bond donors (Lipinski definition) is 2. The van der Waals surface area contributed by atoms with Gasteiger partial charge in [0.1, 0.15) is 4.83 Å². The van der Waals surface area contributed by atoms with Crippen molar-refractivity contribution in [1.82, 2.24) is 19.7 Å². The zero-order chi connectivity index (χ0) is 15.3. The summed E-state index contributed by atoms with van der Waals surface area (Å²) >= 11 is 1.43.